The highest BCUT2D eigenvalue weighted by molar-refractivity contribution is 5.96. The lowest BCUT2D eigenvalue weighted by Gasteiger charge is -2.23. The molecule has 1 aliphatic carbocycles. The van der Waals surface area contributed by atoms with Gasteiger partial charge in [0.1, 0.15) is 0 Å². The third-order valence-corrected chi connectivity index (χ3v) is 5.46. The summed E-state index contributed by atoms with van der Waals surface area (Å²) >= 11 is 0. The maximum atomic E-state index is 12.9. The Bertz CT molecular complexity index is 1030. The zero-order valence-electron chi connectivity index (χ0n) is 17.8. The van der Waals surface area contributed by atoms with Gasteiger partial charge in [-0.05, 0) is 55.2 Å². The summed E-state index contributed by atoms with van der Waals surface area (Å²) in [6.45, 7) is 3.03. The third kappa shape index (κ3) is 5.79. The number of rotatable bonds is 8. The molecule has 0 unspecified atom stereocenters. The summed E-state index contributed by atoms with van der Waals surface area (Å²) in [6, 6.07) is 21.7. The molecule has 1 aliphatic rings. The summed E-state index contributed by atoms with van der Waals surface area (Å²) in [5.41, 5.74) is 4.93. The first-order valence-corrected chi connectivity index (χ1v) is 10.7. The van der Waals surface area contributed by atoms with Gasteiger partial charge in [0.05, 0.1) is 25.2 Å². The van der Waals surface area contributed by atoms with Crippen molar-refractivity contribution in [2.24, 2.45) is 5.92 Å². The maximum absolute atomic E-state index is 12.9. The molecule has 1 heterocycles. The molecule has 1 aromatic heterocycles. The van der Waals surface area contributed by atoms with E-state index in [2.05, 4.69) is 41.5 Å². The van der Waals surface area contributed by atoms with Crippen LogP contribution < -0.4 is 10.2 Å². The summed E-state index contributed by atoms with van der Waals surface area (Å²) in [5, 5.41) is 2.90. The van der Waals surface area contributed by atoms with Crippen LogP contribution in [0.2, 0.25) is 0 Å². The standard InChI is InChI=1S/C26H27N3O2/c1-19-5-7-21(8-6-19)18-29(26(31)22-11-12-22)24-13-9-20(10-14-24)16-25(30)28-17-23-4-2-3-15-27-23/h2-10,13-15,22H,11-12,16-18H2,1H3,(H,28,30). The van der Waals surface area contributed by atoms with Gasteiger partial charge in [0.2, 0.25) is 11.8 Å². The average Bonchev–Trinajstić information content (AvgIpc) is 3.64. The zero-order chi connectivity index (χ0) is 21.6. The Hall–Kier alpha value is -3.47. The van der Waals surface area contributed by atoms with E-state index >= 15 is 0 Å². The molecule has 1 fully saturated rings. The van der Waals surface area contributed by atoms with Gasteiger partial charge in [0.25, 0.3) is 0 Å². The lowest BCUT2D eigenvalue weighted by atomic mass is 10.1. The quantitative estimate of drug-likeness (QED) is 0.602. The lowest BCUT2D eigenvalue weighted by Crippen LogP contribution is -2.31. The largest absolute Gasteiger partial charge is 0.350 e. The van der Waals surface area contributed by atoms with Crippen LogP contribution in [0.5, 0.6) is 0 Å². The minimum atomic E-state index is -0.0519. The zero-order valence-corrected chi connectivity index (χ0v) is 17.8. The predicted octanol–water partition coefficient (Wildman–Crippen LogP) is 4.19. The second-order valence-electron chi connectivity index (χ2n) is 8.13. The summed E-state index contributed by atoms with van der Waals surface area (Å²) in [4.78, 5) is 31.3. The molecule has 158 valence electrons. The Morgan fingerprint density at radius 3 is 2.32 bits per heavy atom. The summed E-state index contributed by atoms with van der Waals surface area (Å²) < 4.78 is 0. The number of amides is 2. The van der Waals surface area contributed by atoms with E-state index in [-0.39, 0.29) is 17.7 Å². The number of anilines is 1. The third-order valence-electron chi connectivity index (χ3n) is 5.46. The molecule has 0 aliphatic heterocycles. The molecule has 0 radical (unpaired) electrons. The minimum Gasteiger partial charge on any atom is -0.350 e. The van der Waals surface area contributed by atoms with Crippen molar-refractivity contribution in [1.82, 2.24) is 10.3 Å². The van der Waals surface area contributed by atoms with Crippen LogP contribution in [0.1, 0.15) is 35.2 Å². The van der Waals surface area contributed by atoms with Crippen LogP contribution in [0.25, 0.3) is 0 Å². The Labute approximate surface area is 183 Å². The van der Waals surface area contributed by atoms with Crippen molar-refractivity contribution in [1.29, 1.82) is 0 Å². The minimum absolute atomic E-state index is 0.0519. The molecule has 5 heteroatoms. The van der Waals surface area contributed by atoms with Gasteiger partial charge in [0, 0.05) is 17.8 Å². The molecule has 4 rings (SSSR count). The number of pyridine rings is 1. The summed E-state index contributed by atoms with van der Waals surface area (Å²) in [7, 11) is 0. The fourth-order valence-electron chi connectivity index (χ4n) is 3.46. The molecule has 0 atom stereocenters. The van der Waals surface area contributed by atoms with Crippen LogP contribution in [0.15, 0.2) is 72.9 Å². The van der Waals surface area contributed by atoms with Crippen LogP contribution in [0.4, 0.5) is 5.69 Å². The molecular weight excluding hydrogens is 386 g/mol. The van der Waals surface area contributed by atoms with Crippen LogP contribution in [0, 0.1) is 12.8 Å². The number of benzene rings is 2. The van der Waals surface area contributed by atoms with E-state index in [9.17, 15) is 9.59 Å². The highest BCUT2D eigenvalue weighted by atomic mass is 16.2. The number of aryl methyl sites for hydroxylation is 1. The van der Waals surface area contributed by atoms with Gasteiger partial charge in [-0.15, -0.1) is 0 Å². The molecule has 31 heavy (non-hydrogen) atoms. The van der Waals surface area contributed by atoms with E-state index in [0.29, 0.717) is 19.5 Å². The van der Waals surface area contributed by atoms with E-state index in [1.807, 2.05) is 47.4 Å². The number of carbonyl (C=O) groups excluding carboxylic acids is 2. The molecule has 3 aromatic rings. The molecule has 5 nitrogen and oxygen atoms in total. The number of carbonyl (C=O) groups is 2. The lowest BCUT2D eigenvalue weighted by molar-refractivity contribution is -0.121. The number of nitrogens with one attached hydrogen (secondary N) is 1. The van der Waals surface area contributed by atoms with Crippen LogP contribution >= 0.6 is 0 Å². The topological polar surface area (TPSA) is 62.3 Å². The van der Waals surface area contributed by atoms with Crippen LogP contribution in [-0.2, 0) is 29.1 Å². The Balaban J connectivity index is 1.40. The smallest absolute Gasteiger partial charge is 0.230 e. The van der Waals surface area contributed by atoms with Crippen molar-refractivity contribution in [3.8, 4) is 0 Å². The number of nitrogens with zero attached hydrogens (tertiary/aromatic N) is 2. The van der Waals surface area contributed by atoms with Gasteiger partial charge >= 0.3 is 0 Å². The molecule has 0 saturated heterocycles. The first-order chi connectivity index (χ1) is 15.1. The second kappa shape index (κ2) is 9.56. The highest BCUT2D eigenvalue weighted by Gasteiger charge is 2.34. The van der Waals surface area contributed by atoms with Crippen LogP contribution in [0.3, 0.4) is 0 Å². The Morgan fingerprint density at radius 1 is 0.968 bits per heavy atom. The molecule has 2 aromatic carbocycles. The van der Waals surface area contributed by atoms with Gasteiger partial charge in [-0.3, -0.25) is 14.6 Å². The predicted molar refractivity (Wildman–Crippen MR) is 121 cm³/mol. The second-order valence-corrected chi connectivity index (χ2v) is 8.13. The SMILES string of the molecule is Cc1ccc(CN(C(=O)C2CC2)c2ccc(CC(=O)NCc3ccccn3)cc2)cc1. The monoisotopic (exact) mass is 413 g/mol. The van der Waals surface area contributed by atoms with Crippen molar-refractivity contribution >= 4 is 17.5 Å². The van der Waals surface area contributed by atoms with Gasteiger partial charge in [-0.1, -0.05) is 48.0 Å². The number of hydrogen-bond donors (Lipinski definition) is 1. The van der Waals surface area contributed by atoms with E-state index in [1.165, 1.54) is 5.56 Å². The van der Waals surface area contributed by atoms with Gasteiger partial charge in [0.15, 0.2) is 0 Å². The molecule has 0 bridgehead atoms. The maximum Gasteiger partial charge on any atom is 0.230 e. The molecule has 1 saturated carbocycles. The van der Waals surface area contributed by atoms with E-state index in [1.54, 1.807) is 6.20 Å². The van der Waals surface area contributed by atoms with E-state index < -0.39 is 0 Å². The van der Waals surface area contributed by atoms with Gasteiger partial charge in [-0.2, -0.15) is 0 Å². The van der Waals surface area contributed by atoms with Crippen molar-refractivity contribution in [2.45, 2.75) is 39.3 Å². The van der Waals surface area contributed by atoms with Crippen molar-refractivity contribution in [2.75, 3.05) is 4.90 Å². The molecule has 1 N–H and O–H groups in total. The number of hydrogen-bond acceptors (Lipinski definition) is 3. The molecular formula is C26H27N3O2. The summed E-state index contributed by atoms with van der Waals surface area (Å²) in [6.07, 6.45) is 3.95. The average molecular weight is 414 g/mol. The molecule has 2 amide bonds. The van der Waals surface area contributed by atoms with Crippen molar-refractivity contribution < 1.29 is 9.59 Å². The van der Waals surface area contributed by atoms with E-state index in [0.717, 1.165) is 35.3 Å². The highest BCUT2D eigenvalue weighted by Crippen LogP contribution is 2.33. The number of aromatic nitrogens is 1. The Morgan fingerprint density at radius 2 is 1.68 bits per heavy atom. The van der Waals surface area contributed by atoms with Crippen molar-refractivity contribution in [3.63, 3.8) is 0 Å². The first kappa shape index (κ1) is 20.8. The van der Waals surface area contributed by atoms with Crippen LogP contribution in [-0.4, -0.2) is 16.8 Å². The first-order valence-electron chi connectivity index (χ1n) is 10.7. The fourth-order valence-corrected chi connectivity index (χ4v) is 3.46. The fraction of sp³-hybridized carbons (Fsp3) is 0.269. The summed E-state index contributed by atoms with van der Waals surface area (Å²) in [5.74, 6) is 0.271. The van der Waals surface area contributed by atoms with E-state index in [4.69, 9.17) is 0 Å². The van der Waals surface area contributed by atoms with Crippen molar-refractivity contribution in [3.05, 3.63) is 95.3 Å². The Kier molecular flexibility index (Phi) is 6.41. The van der Waals surface area contributed by atoms with Gasteiger partial charge in [-0.25, -0.2) is 0 Å². The normalized spacial score (nSPS) is 12.9. The van der Waals surface area contributed by atoms with Gasteiger partial charge < -0.3 is 10.2 Å². The molecule has 0 spiro atoms.